The van der Waals surface area contributed by atoms with Gasteiger partial charge in [0.05, 0.1) is 5.56 Å². The van der Waals surface area contributed by atoms with Crippen LogP contribution in [0.15, 0.2) is 36.4 Å². The molecule has 2 aromatic rings. The molecule has 5 nitrogen and oxygen atoms in total. The van der Waals surface area contributed by atoms with Gasteiger partial charge in [0.25, 0.3) is 0 Å². The van der Waals surface area contributed by atoms with E-state index < -0.39 is 0 Å². The fourth-order valence-corrected chi connectivity index (χ4v) is 3.47. The second-order valence-electron chi connectivity index (χ2n) is 6.46. The maximum Gasteiger partial charge on any atom is 0.195 e. The molecule has 2 aromatic carbocycles. The van der Waals surface area contributed by atoms with Gasteiger partial charge in [-0.25, -0.2) is 4.39 Å². The van der Waals surface area contributed by atoms with Crippen LogP contribution in [-0.4, -0.2) is 50.0 Å². The Labute approximate surface area is 153 Å². The van der Waals surface area contributed by atoms with Crippen molar-refractivity contribution in [2.75, 3.05) is 44.6 Å². The van der Waals surface area contributed by atoms with Crippen LogP contribution in [0.4, 0.5) is 10.1 Å². The smallest absolute Gasteiger partial charge is 0.195 e. The molecule has 0 atom stereocenters. The number of nitrogens with two attached hydrogens (primary N) is 2. The number of hydrogen-bond donors (Lipinski definition) is 3. The first-order chi connectivity index (χ1) is 12.7. The Balaban J connectivity index is 1.80. The van der Waals surface area contributed by atoms with Gasteiger partial charge in [-0.15, -0.1) is 0 Å². The minimum absolute atomic E-state index is 0.121. The SMILES string of the molecule is NCCN(CCN)CCNc1ccc(F)c2c1C(=O)c1ccccc1C2. The van der Waals surface area contributed by atoms with E-state index in [4.69, 9.17) is 11.5 Å². The van der Waals surface area contributed by atoms with Crippen LogP contribution < -0.4 is 16.8 Å². The quantitative estimate of drug-likeness (QED) is 0.571. The summed E-state index contributed by atoms with van der Waals surface area (Å²) in [5.74, 6) is -0.453. The molecule has 0 aliphatic heterocycles. The van der Waals surface area contributed by atoms with E-state index in [-0.39, 0.29) is 11.6 Å². The van der Waals surface area contributed by atoms with Crippen molar-refractivity contribution in [3.05, 3.63) is 64.5 Å². The highest BCUT2D eigenvalue weighted by molar-refractivity contribution is 6.15. The van der Waals surface area contributed by atoms with Gasteiger partial charge in [0.2, 0.25) is 0 Å². The number of carbonyl (C=O) groups is 1. The summed E-state index contributed by atoms with van der Waals surface area (Å²) in [5, 5.41) is 3.30. The number of fused-ring (bicyclic) bond motifs is 2. The molecular formula is C20H25FN4O. The van der Waals surface area contributed by atoms with Crippen LogP contribution in [0, 0.1) is 5.82 Å². The minimum atomic E-state index is -0.332. The van der Waals surface area contributed by atoms with Gasteiger partial charge in [-0.05, 0) is 17.7 Å². The maximum absolute atomic E-state index is 14.4. The number of anilines is 1. The van der Waals surface area contributed by atoms with Crippen molar-refractivity contribution < 1.29 is 9.18 Å². The third-order valence-electron chi connectivity index (χ3n) is 4.75. The van der Waals surface area contributed by atoms with E-state index >= 15 is 0 Å². The third-order valence-corrected chi connectivity index (χ3v) is 4.75. The Bertz CT molecular complexity index is 787. The number of hydrogen-bond acceptors (Lipinski definition) is 5. The first-order valence-corrected chi connectivity index (χ1v) is 8.96. The summed E-state index contributed by atoms with van der Waals surface area (Å²) in [7, 11) is 0. The van der Waals surface area contributed by atoms with Gasteiger partial charge in [0, 0.05) is 62.5 Å². The van der Waals surface area contributed by atoms with E-state index in [0.717, 1.165) is 25.2 Å². The van der Waals surface area contributed by atoms with Crippen molar-refractivity contribution in [3.63, 3.8) is 0 Å². The van der Waals surface area contributed by atoms with Crippen LogP contribution in [0.3, 0.4) is 0 Å². The van der Waals surface area contributed by atoms with Gasteiger partial charge in [0.1, 0.15) is 5.82 Å². The summed E-state index contributed by atoms with van der Waals surface area (Å²) < 4.78 is 14.4. The molecule has 1 aliphatic carbocycles. The summed E-state index contributed by atoms with van der Waals surface area (Å²) in [6.45, 7) is 4.07. The van der Waals surface area contributed by atoms with Gasteiger partial charge in [-0.1, -0.05) is 24.3 Å². The van der Waals surface area contributed by atoms with E-state index in [1.165, 1.54) is 6.07 Å². The lowest BCUT2D eigenvalue weighted by Crippen LogP contribution is -2.37. The van der Waals surface area contributed by atoms with Gasteiger partial charge in [0.15, 0.2) is 5.78 Å². The van der Waals surface area contributed by atoms with Crippen molar-refractivity contribution in [1.29, 1.82) is 0 Å². The number of nitrogens with zero attached hydrogens (tertiary/aromatic N) is 1. The molecule has 138 valence electrons. The Morgan fingerprint density at radius 1 is 1.04 bits per heavy atom. The molecule has 0 unspecified atom stereocenters. The molecular weight excluding hydrogens is 331 g/mol. The molecule has 0 radical (unpaired) electrons. The molecule has 26 heavy (non-hydrogen) atoms. The van der Waals surface area contributed by atoms with E-state index in [1.54, 1.807) is 12.1 Å². The first kappa shape index (κ1) is 18.5. The van der Waals surface area contributed by atoms with Crippen LogP contribution in [-0.2, 0) is 6.42 Å². The Morgan fingerprint density at radius 3 is 2.50 bits per heavy atom. The molecule has 3 rings (SSSR count). The molecule has 6 heteroatoms. The Morgan fingerprint density at radius 2 is 1.77 bits per heavy atom. The molecule has 0 saturated carbocycles. The summed E-state index contributed by atoms with van der Waals surface area (Å²) in [5.41, 5.74) is 14.4. The van der Waals surface area contributed by atoms with Crippen LogP contribution in [0.1, 0.15) is 27.0 Å². The highest BCUT2D eigenvalue weighted by Gasteiger charge is 2.28. The molecule has 0 bridgehead atoms. The number of nitrogens with one attached hydrogen (secondary N) is 1. The molecule has 0 amide bonds. The summed E-state index contributed by atoms with van der Waals surface area (Å²) in [6, 6.07) is 10.5. The molecule has 0 spiro atoms. The van der Waals surface area contributed by atoms with E-state index in [0.29, 0.717) is 48.4 Å². The minimum Gasteiger partial charge on any atom is -0.383 e. The average Bonchev–Trinajstić information content (AvgIpc) is 2.64. The zero-order valence-electron chi connectivity index (χ0n) is 14.8. The Kier molecular flexibility index (Phi) is 5.98. The molecule has 5 N–H and O–H groups in total. The van der Waals surface area contributed by atoms with Crippen molar-refractivity contribution in [3.8, 4) is 0 Å². The van der Waals surface area contributed by atoms with Gasteiger partial charge >= 0.3 is 0 Å². The lowest BCUT2D eigenvalue weighted by atomic mass is 9.84. The molecule has 0 saturated heterocycles. The lowest BCUT2D eigenvalue weighted by molar-refractivity contribution is 0.103. The largest absolute Gasteiger partial charge is 0.383 e. The van der Waals surface area contributed by atoms with Gasteiger partial charge in [-0.3, -0.25) is 9.69 Å². The topological polar surface area (TPSA) is 84.4 Å². The van der Waals surface area contributed by atoms with Crippen LogP contribution in [0.25, 0.3) is 0 Å². The van der Waals surface area contributed by atoms with Crippen LogP contribution in [0.2, 0.25) is 0 Å². The van der Waals surface area contributed by atoms with Crippen molar-refractivity contribution in [1.82, 2.24) is 4.90 Å². The lowest BCUT2D eigenvalue weighted by Gasteiger charge is -2.24. The summed E-state index contributed by atoms with van der Waals surface area (Å²) in [4.78, 5) is 15.1. The average molecular weight is 356 g/mol. The van der Waals surface area contributed by atoms with Crippen LogP contribution in [0.5, 0.6) is 0 Å². The molecule has 0 fully saturated rings. The molecule has 0 aromatic heterocycles. The van der Waals surface area contributed by atoms with Crippen molar-refractivity contribution in [2.24, 2.45) is 11.5 Å². The number of carbonyl (C=O) groups excluding carboxylic acids is 1. The normalized spacial score (nSPS) is 12.8. The second-order valence-corrected chi connectivity index (χ2v) is 6.46. The number of benzene rings is 2. The van der Waals surface area contributed by atoms with E-state index in [9.17, 15) is 9.18 Å². The maximum atomic E-state index is 14.4. The summed E-state index contributed by atoms with van der Waals surface area (Å²) >= 11 is 0. The van der Waals surface area contributed by atoms with E-state index in [2.05, 4.69) is 10.2 Å². The monoisotopic (exact) mass is 356 g/mol. The third kappa shape index (κ3) is 3.77. The molecule has 0 heterocycles. The fourth-order valence-electron chi connectivity index (χ4n) is 3.47. The van der Waals surface area contributed by atoms with Crippen LogP contribution >= 0.6 is 0 Å². The zero-order chi connectivity index (χ0) is 18.5. The van der Waals surface area contributed by atoms with Crippen molar-refractivity contribution >= 4 is 11.5 Å². The van der Waals surface area contributed by atoms with E-state index in [1.807, 2.05) is 18.2 Å². The number of rotatable bonds is 8. The standard InChI is InChI=1S/C20H25FN4O/c21-17-5-6-18(24-9-12-25(10-7-22)11-8-23)19-16(17)13-14-3-1-2-4-15(14)20(19)26/h1-6,24H,7-13,22-23H2. The Hall–Kier alpha value is -2.28. The fraction of sp³-hybridized carbons (Fsp3) is 0.350. The summed E-state index contributed by atoms with van der Waals surface area (Å²) in [6.07, 6.45) is 0.436. The van der Waals surface area contributed by atoms with Gasteiger partial charge < -0.3 is 16.8 Å². The predicted molar refractivity (Wildman–Crippen MR) is 102 cm³/mol. The number of ketones is 1. The van der Waals surface area contributed by atoms with Crippen molar-refractivity contribution in [2.45, 2.75) is 6.42 Å². The highest BCUT2D eigenvalue weighted by Crippen LogP contribution is 2.33. The first-order valence-electron chi connectivity index (χ1n) is 8.96. The zero-order valence-corrected chi connectivity index (χ0v) is 14.8. The second kappa shape index (κ2) is 8.40. The highest BCUT2D eigenvalue weighted by atomic mass is 19.1. The molecule has 1 aliphatic rings. The number of halogens is 1. The van der Waals surface area contributed by atoms with Gasteiger partial charge in [-0.2, -0.15) is 0 Å². The predicted octanol–water partition coefficient (Wildman–Crippen LogP) is 1.59.